The summed E-state index contributed by atoms with van der Waals surface area (Å²) in [6.45, 7) is 7.58. The first-order valence-electron chi connectivity index (χ1n) is 7.08. The van der Waals surface area contributed by atoms with Crippen molar-refractivity contribution >= 4 is 11.6 Å². The molecule has 0 radical (unpaired) electrons. The number of amides is 1. The van der Waals surface area contributed by atoms with Crippen molar-refractivity contribution in [3.05, 3.63) is 24.0 Å². The van der Waals surface area contributed by atoms with Crippen LogP contribution in [0.25, 0.3) is 0 Å². The number of nitrogens with one attached hydrogen (secondary N) is 1. The third kappa shape index (κ3) is 3.30. The van der Waals surface area contributed by atoms with E-state index in [1.807, 2.05) is 27.7 Å². The summed E-state index contributed by atoms with van der Waals surface area (Å²) in [7, 11) is 0. The van der Waals surface area contributed by atoms with Gasteiger partial charge < -0.3 is 10.1 Å². The highest BCUT2D eigenvalue weighted by atomic mass is 19.1. The van der Waals surface area contributed by atoms with Crippen LogP contribution >= 0.6 is 0 Å². The Bertz CT molecular complexity index is 507. The molecule has 0 aliphatic heterocycles. The standard InChI is InChI=1S/C16H22FNO2/c1-10(2)20-12-7-8-14(13(17)9-12)18-15(19)16(3,4)11-5-6-11/h7-11H,5-6H2,1-4H3,(H,18,19). The fraction of sp³-hybridized carbons (Fsp3) is 0.562. The number of benzene rings is 1. The quantitative estimate of drug-likeness (QED) is 0.885. The molecule has 0 aromatic heterocycles. The smallest absolute Gasteiger partial charge is 0.230 e. The van der Waals surface area contributed by atoms with Gasteiger partial charge in [0, 0.05) is 11.5 Å². The Hall–Kier alpha value is -1.58. The maximum atomic E-state index is 14.0. The van der Waals surface area contributed by atoms with E-state index < -0.39 is 11.2 Å². The van der Waals surface area contributed by atoms with Gasteiger partial charge in [0.25, 0.3) is 0 Å². The monoisotopic (exact) mass is 279 g/mol. The third-order valence-electron chi connectivity index (χ3n) is 3.74. The molecule has 1 fully saturated rings. The zero-order chi connectivity index (χ0) is 14.9. The number of carbonyl (C=O) groups is 1. The summed E-state index contributed by atoms with van der Waals surface area (Å²) in [4.78, 5) is 12.2. The Morgan fingerprint density at radius 2 is 2.05 bits per heavy atom. The van der Waals surface area contributed by atoms with E-state index in [1.54, 1.807) is 12.1 Å². The highest BCUT2D eigenvalue weighted by Gasteiger charge is 2.43. The van der Waals surface area contributed by atoms with E-state index in [2.05, 4.69) is 5.32 Å². The average molecular weight is 279 g/mol. The van der Waals surface area contributed by atoms with Crippen molar-refractivity contribution in [3.8, 4) is 5.75 Å². The molecule has 0 heterocycles. The summed E-state index contributed by atoms with van der Waals surface area (Å²) in [6, 6.07) is 4.52. The molecule has 1 amide bonds. The number of carbonyl (C=O) groups excluding carboxylic acids is 1. The highest BCUT2D eigenvalue weighted by Crippen LogP contribution is 2.45. The first-order valence-corrected chi connectivity index (χ1v) is 7.08. The van der Waals surface area contributed by atoms with Gasteiger partial charge in [0.2, 0.25) is 5.91 Å². The van der Waals surface area contributed by atoms with Gasteiger partial charge in [0.05, 0.1) is 11.8 Å². The molecule has 4 heteroatoms. The Morgan fingerprint density at radius 3 is 2.55 bits per heavy atom. The summed E-state index contributed by atoms with van der Waals surface area (Å²) >= 11 is 0. The number of hydrogen-bond acceptors (Lipinski definition) is 2. The summed E-state index contributed by atoms with van der Waals surface area (Å²) in [5, 5.41) is 2.68. The predicted octanol–water partition coefficient (Wildman–Crippen LogP) is 3.99. The minimum Gasteiger partial charge on any atom is -0.491 e. The molecule has 1 aliphatic rings. The van der Waals surface area contributed by atoms with Crippen LogP contribution in [0.3, 0.4) is 0 Å². The van der Waals surface area contributed by atoms with Crippen LogP contribution in [0.5, 0.6) is 5.75 Å². The summed E-state index contributed by atoms with van der Waals surface area (Å²) < 4.78 is 19.4. The normalized spacial score (nSPS) is 15.3. The first-order chi connectivity index (χ1) is 9.30. The summed E-state index contributed by atoms with van der Waals surface area (Å²) in [5.74, 6) is 0.283. The second-order valence-corrected chi connectivity index (χ2v) is 6.26. The molecular weight excluding hydrogens is 257 g/mol. The molecule has 1 aromatic carbocycles. The number of rotatable bonds is 5. The van der Waals surface area contributed by atoms with E-state index in [-0.39, 0.29) is 17.7 Å². The van der Waals surface area contributed by atoms with Crippen LogP contribution in [0, 0.1) is 17.2 Å². The molecule has 2 rings (SSSR count). The zero-order valence-corrected chi connectivity index (χ0v) is 12.5. The summed E-state index contributed by atoms with van der Waals surface area (Å²) in [6.07, 6.45) is 2.14. The molecule has 3 nitrogen and oxygen atoms in total. The molecular formula is C16H22FNO2. The molecule has 0 unspecified atom stereocenters. The van der Waals surface area contributed by atoms with Crippen LogP contribution in [-0.4, -0.2) is 12.0 Å². The molecule has 0 saturated heterocycles. The largest absolute Gasteiger partial charge is 0.491 e. The van der Waals surface area contributed by atoms with Crippen LogP contribution in [-0.2, 0) is 4.79 Å². The van der Waals surface area contributed by atoms with Crippen molar-refractivity contribution in [3.63, 3.8) is 0 Å². The van der Waals surface area contributed by atoms with Crippen LogP contribution < -0.4 is 10.1 Å². The van der Waals surface area contributed by atoms with Crippen LogP contribution in [0.4, 0.5) is 10.1 Å². The van der Waals surface area contributed by atoms with E-state index >= 15 is 0 Å². The predicted molar refractivity (Wildman–Crippen MR) is 77.3 cm³/mol. The Morgan fingerprint density at radius 1 is 1.40 bits per heavy atom. The van der Waals surface area contributed by atoms with Gasteiger partial charge in [-0.3, -0.25) is 4.79 Å². The number of ether oxygens (including phenoxy) is 1. The van der Waals surface area contributed by atoms with Gasteiger partial charge in [0.15, 0.2) is 0 Å². The number of halogens is 1. The van der Waals surface area contributed by atoms with E-state index in [4.69, 9.17) is 4.74 Å². The van der Waals surface area contributed by atoms with Gasteiger partial charge >= 0.3 is 0 Å². The maximum Gasteiger partial charge on any atom is 0.230 e. The van der Waals surface area contributed by atoms with E-state index in [9.17, 15) is 9.18 Å². The van der Waals surface area contributed by atoms with E-state index in [0.717, 1.165) is 12.8 Å². The highest BCUT2D eigenvalue weighted by molar-refractivity contribution is 5.95. The fourth-order valence-corrected chi connectivity index (χ4v) is 2.22. The molecule has 0 spiro atoms. The van der Waals surface area contributed by atoms with Crippen molar-refractivity contribution in [1.29, 1.82) is 0 Å². The fourth-order valence-electron chi connectivity index (χ4n) is 2.22. The second kappa shape index (κ2) is 5.43. The Labute approximate surface area is 119 Å². The molecule has 1 N–H and O–H groups in total. The van der Waals surface area contributed by atoms with Crippen LogP contribution in [0.15, 0.2) is 18.2 Å². The van der Waals surface area contributed by atoms with Crippen molar-refractivity contribution in [1.82, 2.24) is 0 Å². The van der Waals surface area contributed by atoms with Gasteiger partial charge in [-0.1, -0.05) is 13.8 Å². The molecule has 1 saturated carbocycles. The Kier molecular flexibility index (Phi) is 4.02. The van der Waals surface area contributed by atoms with Gasteiger partial charge in [-0.15, -0.1) is 0 Å². The van der Waals surface area contributed by atoms with Crippen molar-refractivity contribution in [2.24, 2.45) is 11.3 Å². The maximum absolute atomic E-state index is 14.0. The average Bonchev–Trinajstić information content (AvgIpc) is 3.15. The molecule has 1 aromatic rings. The topological polar surface area (TPSA) is 38.3 Å². The minimum absolute atomic E-state index is 0.0105. The lowest BCUT2D eigenvalue weighted by Crippen LogP contribution is -2.32. The second-order valence-electron chi connectivity index (χ2n) is 6.26. The van der Waals surface area contributed by atoms with Crippen molar-refractivity contribution in [2.45, 2.75) is 46.6 Å². The van der Waals surface area contributed by atoms with Crippen molar-refractivity contribution in [2.75, 3.05) is 5.32 Å². The third-order valence-corrected chi connectivity index (χ3v) is 3.74. The molecule has 20 heavy (non-hydrogen) atoms. The zero-order valence-electron chi connectivity index (χ0n) is 12.5. The number of hydrogen-bond donors (Lipinski definition) is 1. The van der Waals surface area contributed by atoms with E-state index in [1.165, 1.54) is 6.07 Å². The number of anilines is 1. The molecule has 110 valence electrons. The van der Waals surface area contributed by atoms with Crippen LogP contribution in [0.2, 0.25) is 0 Å². The van der Waals surface area contributed by atoms with Gasteiger partial charge in [-0.2, -0.15) is 0 Å². The summed E-state index contributed by atoms with van der Waals surface area (Å²) in [5.41, 5.74) is -0.237. The lowest BCUT2D eigenvalue weighted by atomic mass is 9.86. The van der Waals surface area contributed by atoms with Gasteiger partial charge in [0.1, 0.15) is 11.6 Å². The van der Waals surface area contributed by atoms with Gasteiger partial charge in [-0.25, -0.2) is 4.39 Å². The first kappa shape index (κ1) is 14.8. The van der Waals surface area contributed by atoms with E-state index in [0.29, 0.717) is 11.7 Å². The molecule has 0 bridgehead atoms. The van der Waals surface area contributed by atoms with Crippen molar-refractivity contribution < 1.29 is 13.9 Å². The minimum atomic E-state index is -0.469. The lowest BCUT2D eigenvalue weighted by molar-refractivity contribution is -0.124. The van der Waals surface area contributed by atoms with Gasteiger partial charge in [-0.05, 0) is 44.7 Å². The van der Waals surface area contributed by atoms with Crippen LogP contribution in [0.1, 0.15) is 40.5 Å². The molecule has 1 aliphatic carbocycles. The lowest BCUT2D eigenvalue weighted by Gasteiger charge is -2.23. The molecule has 0 atom stereocenters. The SMILES string of the molecule is CC(C)Oc1ccc(NC(=O)C(C)(C)C2CC2)c(F)c1. The Balaban J connectivity index is 2.08.